The number of hydrogen-bond acceptors (Lipinski definition) is 3. The van der Waals surface area contributed by atoms with Crippen LogP contribution < -0.4 is 0 Å². The zero-order valence-corrected chi connectivity index (χ0v) is 16.3. The molecule has 6 rings (SSSR count). The van der Waals surface area contributed by atoms with Gasteiger partial charge in [0.25, 0.3) is 5.91 Å². The van der Waals surface area contributed by atoms with E-state index in [1.54, 1.807) is 0 Å². The van der Waals surface area contributed by atoms with Crippen LogP contribution in [0.5, 0.6) is 0 Å². The van der Waals surface area contributed by atoms with E-state index >= 15 is 0 Å². The van der Waals surface area contributed by atoms with Gasteiger partial charge in [0, 0.05) is 30.9 Å². The van der Waals surface area contributed by atoms with Crippen molar-refractivity contribution in [3.8, 4) is 0 Å². The van der Waals surface area contributed by atoms with Crippen molar-refractivity contribution >= 4 is 5.91 Å². The van der Waals surface area contributed by atoms with Crippen molar-refractivity contribution in [3.05, 3.63) is 35.7 Å². The van der Waals surface area contributed by atoms with Crippen LogP contribution in [0.15, 0.2) is 18.5 Å². The van der Waals surface area contributed by atoms with Crippen LogP contribution in [0.1, 0.15) is 73.9 Å². The Morgan fingerprint density at radius 2 is 1.93 bits per heavy atom. The normalized spacial score (nSPS) is 29.5. The average Bonchev–Trinajstić information content (AvgIpc) is 3.23. The molecule has 6 heteroatoms. The Balaban J connectivity index is 1.33. The number of H-pyrrole nitrogens is 1. The van der Waals surface area contributed by atoms with Crippen LogP contribution in [0.25, 0.3) is 0 Å². The first-order valence-corrected chi connectivity index (χ1v) is 10.4. The molecule has 2 aliphatic carbocycles. The second kappa shape index (κ2) is 6.50. The Labute approximate surface area is 160 Å². The molecule has 4 aliphatic rings. The maximum absolute atomic E-state index is 13.2. The summed E-state index contributed by atoms with van der Waals surface area (Å²) in [6, 6.07) is 2.36. The second-order valence-electron chi connectivity index (χ2n) is 9.23. The van der Waals surface area contributed by atoms with E-state index in [9.17, 15) is 4.79 Å². The zero-order chi connectivity index (χ0) is 18.5. The quantitative estimate of drug-likeness (QED) is 0.900. The molecule has 4 atom stereocenters. The van der Waals surface area contributed by atoms with Crippen molar-refractivity contribution in [2.45, 2.75) is 64.5 Å². The molecule has 0 radical (unpaired) electrons. The van der Waals surface area contributed by atoms with Gasteiger partial charge in [0.05, 0.1) is 12.2 Å². The summed E-state index contributed by atoms with van der Waals surface area (Å²) in [5, 5.41) is 7.45. The van der Waals surface area contributed by atoms with E-state index < -0.39 is 0 Å². The number of fused-ring (bicyclic) bond motifs is 1. The number of aromatic nitrogens is 4. The van der Waals surface area contributed by atoms with E-state index in [2.05, 4.69) is 38.5 Å². The summed E-state index contributed by atoms with van der Waals surface area (Å²) >= 11 is 0. The molecule has 4 fully saturated rings. The van der Waals surface area contributed by atoms with Crippen LogP contribution in [0.2, 0.25) is 0 Å². The van der Waals surface area contributed by atoms with Gasteiger partial charge < -0.3 is 9.47 Å². The fourth-order valence-corrected chi connectivity index (χ4v) is 5.87. The Bertz CT molecular complexity index is 823. The highest BCUT2D eigenvalue weighted by Gasteiger charge is 2.44. The van der Waals surface area contributed by atoms with E-state index in [0.717, 1.165) is 29.9 Å². The molecule has 144 valence electrons. The van der Waals surface area contributed by atoms with E-state index in [4.69, 9.17) is 0 Å². The van der Waals surface area contributed by atoms with Crippen molar-refractivity contribution in [3.63, 3.8) is 0 Å². The SMILES string of the molecule is CC(C)c1nccn1Cc1cc(C(=O)N2CC3C[C@@H]4CC2C[C@H](C3)C4)n[nH]1. The zero-order valence-electron chi connectivity index (χ0n) is 16.3. The topological polar surface area (TPSA) is 66.8 Å². The van der Waals surface area contributed by atoms with Gasteiger partial charge in [0.15, 0.2) is 0 Å². The number of hydrogen-bond donors (Lipinski definition) is 1. The van der Waals surface area contributed by atoms with Crippen LogP contribution in [0.3, 0.4) is 0 Å². The maximum Gasteiger partial charge on any atom is 0.274 e. The molecule has 6 nitrogen and oxygen atoms in total. The summed E-state index contributed by atoms with van der Waals surface area (Å²) in [5.74, 6) is 3.92. The fourth-order valence-electron chi connectivity index (χ4n) is 5.87. The standard InChI is InChI=1S/C21H29N5O/c1-13(2)20-22-3-4-25(20)12-17-10-19(24-23-17)21(27)26-11-16-6-14-5-15(7-16)9-18(26)8-14/h3-4,10,13-16,18H,5-9,11-12H2,1-2H3,(H,23,24)/t14-,15+,16?,18?. The minimum atomic E-state index is 0.116. The number of aromatic amines is 1. The molecule has 4 heterocycles. The first-order chi connectivity index (χ1) is 13.1. The van der Waals surface area contributed by atoms with Gasteiger partial charge in [-0.3, -0.25) is 9.89 Å². The van der Waals surface area contributed by atoms with Gasteiger partial charge in [0.2, 0.25) is 0 Å². The van der Waals surface area contributed by atoms with Crippen LogP contribution >= 0.6 is 0 Å². The van der Waals surface area contributed by atoms with E-state index in [0.29, 0.717) is 30.1 Å². The van der Waals surface area contributed by atoms with Gasteiger partial charge in [0.1, 0.15) is 11.5 Å². The maximum atomic E-state index is 13.2. The molecule has 1 amide bonds. The van der Waals surface area contributed by atoms with E-state index in [1.165, 1.54) is 32.1 Å². The number of amides is 1. The monoisotopic (exact) mass is 367 g/mol. The highest BCUT2D eigenvalue weighted by molar-refractivity contribution is 5.92. The minimum Gasteiger partial charge on any atom is -0.334 e. The minimum absolute atomic E-state index is 0.116. The number of carbonyl (C=O) groups excluding carboxylic acids is 1. The van der Waals surface area contributed by atoms with Crippen molar-refractivity contribution in [1.29, 1.82) is 0 Å². The summed E-state index contributed by atoms with van der Waals surface area (Å²) in [4.78, 5) is 19.8. The predicted octanol–water partition coefficient (Wildman–Crippen LogP) is 3.43. The first-order valence-electron chi connectivity index (χ1n) is 10.4. The molecule has 2 saturated carbocycles. The van der Waals surface area contributed by atoms with Gasteiger partial charge in [-0.15, -0.1) is 0 Å². The van der Waals surface area contributed by atoms with Crippen LogP contribution in [-0.2, 0) is 6.54 Å². The van der Waals surface area contributed by atoms with Gasteiger partial charge >= 0.3 is 0 Å². The lowest BCUT2D eigenvalue weighted by atomic mass is 9.68. The van der Waals surface area contributed by atoms with Crippen molar-refractivity contribution in [2.75, 3.05) is 6.54 Å². The van der Waals surface area contributed by atoms with E-state index in [1.807, 2.05) is 18.5 Å². The smallest absolute Gasteiger partial charge is 0.274 e. The molecular weight excluding hydrogens is 338 g/mol. The fraction of sp³-hybridized carbons (Fsp3) is 0.667. The molecule has 2 aromatic rings. The van der Waals surface area contributed by atoms with E-state index in [-0.39, 0.29) is 5.91 Å². The lowest BCUT2D eigenvalue weighted by Gasteiger charge is -2.38. The molecular formula is C21H29N5O. The van der Waals surface area contributed by atoms with Crippen molar-refractivity contribution in [2.24, 2.45) is 17.8 Å². The molecule has 27 heavy (non-hydrogen) atoms. The second-order valence-corrected chi connectivity index (χ2v) is 9.23. The molecule has 1 N–H and O–H groups in total. The van der Waals surface area contributed by atoms with Crippen LogP contribution in [0.4, 0.5) is 0 Å². The molecule has 0 aromatic carbocycles. The molecule has 4 bridgehead atoms. The Kier molecular flexibility index (Phi) is 4.10. The number of carbonyl (C=O) groups is 1. The van der Waals surface area contributed by atoms with Gasteiger partial charge in [-0.05, 0) is 55.9 Å². The Morgan fingerprint density at radius 3 is 2.67 bits per heavy atom. The molecule has 0 spiro atoms. The highest BCUT2D eigenvalue weighted by atomic mass is 16.2. The van der Waals surface area contributed by atoms with Gasteiger partial charge in [-0.1, -0.05) is 13.8 Å². The Hall–Kier alpha value is -2.11. The van der Waals surface area contributed by atoms with Gasteiger partial charge in [-0.25, -0.2) is 4.98 Å². The van der Waals surface area contributed by atoms with Crippen LogP contribution in [-0.4, -0.2) is 43.1 Å². The number of nitrogens with one attached hydrogen (secondary N) is 1. The molecule has 2 saturated heterocycles. The largest absolute Gasteiger partial charge is 0.334 e. The molecule has 2 unspecified atom stereocenters. The lowest BCUT2D eigenvalue weighted by Crippen LogP contribution is -2.42. The van der Waals surface area contributed by atoms with Crippen LogP contribution in [0, 0.1) is 17.8 Å². The summed E-state index contributed by atoms with van der Waals surface area (Å²) in [6.45, 7) is 5.88. The van der Waals surface area contributed by atoms with Crippen molar-refractivity contribution in [1.82, 2.24) is 24.6 Å². The molecule has 2 aliphatic heterocycles. The highest BCUT2D eigenvalue weighted by Crippen LogP contribution is 2.47. The van der Waals surface area contributed by atoms with Gasteiger partial charge in [-0.2, -0.15) is 5.10 Å². The van der Waals surface area contributed by atoms with Crippen molar-refractivity contribution < 1.29 is 4.79 Å². The third-order valence-electron chi connectivity index (χ3n) is 6.82. The average molecular weight is 367 g/mol. The lowest BCUT2D eigenvalue weighted by molar-refractivity contribution is 0.0626. The summed E-state index contributed by atoms with van der Waals surface area (Å²) in [7, 11) is 0. The number of nitrogens with zero attached hydrogens (tertiary/aromatic N) is 4. The first kappa shape index (κ1) is 17.0. The summed E-state index contributed by atoms with van der Waals surface area (Å²) < 4.78 is 2.12. The third kappa shape index (κ3) is 3.09. The third-order valence-corrected chi connectivity index (χ3v) is 6.82. The summed E-state index contributed by atoms with van der Waals surface area (Å²) in [5.41, 5.74) is 1.52. The predicted molar refractivity (Wildman–Crippen MR) is 102 cm³/mol. The number of rotatable bonds is 4. The summed E-state index contributed by atoms with van der Waals surface area (Å²) in [6.07, 6.45) is 10.3. The number of imidazole rings is 1. The Morgan fingerprint density at radius 1 is 1.19 bits per heavy atom. The molecule has 2 aromatic heterocycles.